The Morgan fingerprint density at radius 2 is 2.05 bits per heavy atom. The molecule has 114 valence electrons. The van der Waals surface area contributed by atoms with Gasteiger partial charge in [0.2, 0.25) is 0 Å². The number of amides is 2. The predicted molar refractivity (Wildman–Crippen MR) is 82.0 cm³/mol. The van der Waals surface area contributed by atoms with Crippen molar-refractivity contribution < 1.29 is 14.7 Å². The number of urea groups is 1. The number of piperidine rings is 1. The zero-order chi connectivity index (χ0) is 15.6. The third-order valence-corrected chi connectivity index (χ3v) is 4.16. The van der Waals surface area contributed by atoms with Crippen molar-refractivity contribution in [2.24, 2.45) is 5.92 Å². The number of hydrogen-bond acceptors (Lipinski definition) is 2. The van der Waals surface area contributed by atoms with Gasteiger partial charge in [0.25, 0.3) is 0 Å². The topological polar surface area (TPSA) is 69.6 Å². The summed E-state index contributed by atoms with van der Waals surface area (Å²) in [4.78, 5) is 25.1. The Labute approximate surface area is 128 Å². The lowest BCUT2D eigenvalue weighted by molar-refractivity contribution is 0.0697. The summed E-state index contributed by atoms with van der Waals surface area (Å²) in [6.07, 6.45) is 2.08. The molecule has 1 aromatic carbocycles. The predicted octanol–water partition coefficient (Wildman–Crippen LogP) is 3.69. The minimum absolute atomic E-state index is 0.0924. The summed E-state index contributed by atoms with van der Waals surface area (Å²) < 4.78 is 0. The molecule has 1 aliphatic rings. The molecule has 0 aromatic heterocycles. The van der Waals surface area contributed by atoms with Crippen molar-refractivity contribution in [1.29, 1.82) is 0 Å². The van der Waals surface area contributed by atoms with Crippen molar-refractivity contribution >= 4 is 29.3 Å². The maximum Gasteiger partial charge on any atom is 0.335 e. The van der Waals surface area contributed by atoms with Gasteiger partial charge in [0.1, 0.15) is 0 Å². The highest BCUT2D eigenvalue weighted by molar-refractivity contribution is 6.33. The smallest absolute Gasteiger partial charge is 0.335 e. The van der Waals surface area contributed by atoms with Gasteiger partial charge in [0, 0.05) is 12.6 Å². The Kier molecular flexibility index (Phi) is 4.73. The fourth-order valence-electron chi connectivity index (χ4n) is 2.51. The first kappa shape index (κ1) is 15.6. The van der Waals surface area contributed by atoms with Gasteiger partial charge in [-0.25, -0.2) is 9.59 Å². The van der Waals surface area contributed by atoms with E-state index in [1.54, 1.807) is 4.90 Å². The molecule has 1 saturated heterocycles. The normalized spacial score (nSPS) is 22.0. The lowest BCUT2D eigenvalue weighted by atomic mass is 9.95. The maximum atomic E-state index is 12.4. The Balaban J connectivity index is 2.15. The molecule has 1 fully saturated rings. The second kappa shape index (κ2) is 6.35. The summed E-state index contributed by atoms with van der Waals surface area (Å²) in [5.41, 5.74) is 0.418. The van der Waals surface area contributed by atoms with Crippen molar-refractivity contribution in [2.45, 2.75) is 32.7 Å². The molecular weight excluding hydrogens is 292 g/mol. The monoisotopic (exact) mass is 310 g/mol. The van der Waals surface area contributed by atoms with Gasteiger partial charge in [0.15, 0.2) is 0 Å². The van der Waals surface area contributed by atoms with Crippen LogP contribution in [0, 0.1) is 5.92 Å². The molecule has 0 spiro atoms. The molecular formula is C15H19ClN2O3. The fourth-order valence-corrected chi connectivity index (χ4v) is 2.68. The number of benzene rings is 1. The van der Waals surface area contributed by atoms with Crippen LogP contribution in [0.15, 0.2) is 18.2 Å². The fraction of sp³-hybridized carbons (Fsp3) is 0.467. The number of hydrogen-bond donors (Lipinski definition) is 2. The van der Waals surface area contributed by atoms with E-state index in [2.05, 4.69) is 12.2 Å². The van der Waals surface area contributed by atoms with Crippen molar-refractivity contribution in [3.8, 4) is 0 Å². The Hall–Kier alpha value is -1.75. The highest BCUT2D eigenvalue weighted by atomic mass is 35.5. The lowest BCUT2D eigenvalue weighted by Crippen LogP contribution is -2.47. The highest BCUT2D eigenvalue weighted by Gasteiger charge is 2.27. The van der Waals surface area contributed by atoms with Gasteiger partial charge in [0.05, 0.1) is 16.3 Å². The number of rotatable bonds is 2. The average Bonchev–Trinajstić information content (AvgIpc) is 2.43. The van der Waals surface area contributed by atoms with Crippen LogP contribution in [-0.2, 0) is 0 Å². The summed E-state index contributed by atoms with van der Waals surface area (Å²) in [5, 5.41) is 12.0. The number of anilines is 1. The van der Waals surface area contributed by atoms with Crippen LogP contribution in [0.5, 0.6) is 0 Å². The van der Waals surface area contributed by atoms with Crippen LogP contribution in [0.4, 0.5) is 10.5 Å². The number of nitrogens with zero attached hydrogens (tertiary/aromatic N) is 1. The number of halogens is 1. The second-order valence-corrected chi connectivity index (χ2v) is 6.02. The van der Waals surface area contributed by atoms with Gasteiger partial charge in [-0.3, -0.25) is 0 Å². The van der Waals surface area contributed by atoms with Crippen molar-refractivity contribution in [2.75, 3.05) is 11.9 Å². The number of carbonyl (C=O) groups is 2. The van der Waals surface area contributed by atoms with Crippen LogP contribution in [-0.4, -0.2) is 34.6 Å². The van der Waals surface area contributed by atoms with E-state index in [-0.39, 0.29) is 17.6 Å². The maximum absolute atomic E-state index is 12.4. The zero-order valence-electron chi connectivity index (χ0n) is 12.1. The summed E-state index contributed by atoms with van der Waals surface area (Å²) in [7, 11) is 0. The lowest BCUT2D eigenvalue weighted by Gasteiger charge is -2.36. The van der Waals surface area contributed by atoms with Crippen molar-refractivity contribution in [3.63, 3.8) is 0 Å². The average molecular weight is 311 g/mol. The minimum Gasteiger partial charge on any atom is -0.478 e. The zero-order valence-corrected chi connectivity index (χ0v) is 12.9. The third kappa shape index (κ3) is 3.67. The number of aromatic carboxylic acids is 1. The van der Waals surface area contributed by atoms with E-state index in [0.717, 1.165) is 12.8 Å². The largest absolute Gasteiger partial charge is 0.478 e. The van der Waals surface area contributed by atoms with Crippen molar-refractivity contribution in [1.82, 2.24) is 4.90 Å². The molecule has 2 unspecified atom stereocenters. The molecule has 21 heavy (non-hydrogen) atoms. The molecule has 1 aromatic rings. The van der Waals surface area contributed by atoms with Crippen LogP contribution >= 0.6 is 11.6 Å². The van der Waals surface area contributed by atoms with E-state index in [4.69, 9.17) is 16.7 Å². The molecule has 2 rings (SSSR count). The summed E-state index contributed by atoms with van der Waals surface area (Å²) >= 11 is 6.02. The van der Waals surface area contributed by atoms with Gasteiger partial charge in [-0.1, -0.05) is 18.5 Å². The third-order valence-electron chi connectivity index (χ3n) is 3.83. The molecule has 2 amide bonds. The van der Waals surface area contributed by atoms with Gasteiger partial charge in [-0.2, -0.15) is 0 Å². The van der Waals surface area contributed by atoms with Gasteiger partial charge in [-0.15, -0.1) is 0 Å². The molecule has 0 aliphatic carbocycles. The molecule has 1 aliphatic heterocycles. The standard InChI is InChI=1S/C15H19ClN2O3/c1-9-3-4-10(2)18(8-9)15(21)17-13-7-11(14(19)20)5-6-12(13)16/h5-7,9-10H,3-4,8H2,1-2H3,(H,17,21)(H,19,20). The first-order chi connectivity index (χ1) is 9.88. The SMILES string of the molecule is CC1CCC(C)N(C(=O)Nc2cc(C(=O)O)ccc2Cl)C1. The van der Waals surface area contributed by atoms with E-state index in [1.807, 2.05) is 6.92 Å². The molecule has 1 heterocycles. The van der Waals surface area contributed by atoms with Crippen molar-refractivity contribution in [3.05, 3.63) is 28.8 Å². The molecule has 0 bridgehead atoms. The minimum atomic E-state index is -1.05. The first-order valence-electron chi connectivity index (χ1n) is 6.99. The second-order valence-electron chi connectivity index (χ2n) is 5.61. The van der Waals surface area contributed by atoms with Gasteiger partial charge < -0.3 is 15.3 Å². The highest BCUT2D eigenvalue weighted by Crippen LogP contribution is 2.26. The van der Waals surface area contributed by atoms with Crippen LogP contribution in [0.2, 0.25) is 5.02 Å². The van der Waals surface area contributed by atoms with E-state index >= 15 is 0 Å². The molecule has 6 heteroatoms. The number of nitrogens with one attached hydrogen (secondary N) is 1. The van der Waals surface area contributed by atoms with Gasteiger partial charge in [-0.05, 0) is 43.9 Å². The van der Waals surface area contributed by atoms with E-state index in [9.17, 15) is 9.59 Å². The number of carboxylic acid groups (broad SMARTS) is 1. The first-order valence-corrected chi connectivity index (χ1v) is 7.36. The molecule has 0 radical (unpaired) electrons. The number of carboxylic acids is 1. The van der Waals surface area contributed by atoms with E-state index in [0.29, 0.717) is 23.2 Å². The van der Waals surface area contributed by atoms with Crippen LogP contribution < -0.4 is 5.32 Å². The summed E-state index contributed by atoms with van der Waals surface area (Å²) in [6, 6.07) is 4.19. The molecule has 5 nitrogen and oxygen atoms in total. The van der Waals surface area contributed by atoms with Crippen LogP contribution in [0.1, 0.15) is 37.0 Å². The summed E-state index contributed by atoms with van der Waals surface area (Å²) in [6.45, 7) is 4.83. The molecule has 2 N–H and O–H groups in total. The Morgan fingerprint density at radius 3 is 2.71 bits per heavy atom. The molecule has 0 saturated carbocycles. The van der Waals surface area contributed by atoms with Crippen LogP contribution in [0.25, 0.3) is 0 Å². The quantitative estimate of drug-likeness (QED) is 0.875. The Morgan fingerprint density at radius 1 is 1.33 bits per heavy atom. The number of likely N-dealkylation sites (tertiary alicyclic amines) is 1. The molecule has 2 atom stereocenters. The van der Waals surface area contributed by atoms with E-state index in [1.165, 1.54) is 18.2 Å². The van der Waals surface area contributed by atoms with E-state index < -0.39 is 5.97 Å². The number of carbonyl (C=O) groups excluding carboxylic acids is 1. The Bertz CT molecular complexity index is 562. The van der Waals surface area contributed by atoms with Gasteiger partial charge >= 0.3 is 12.0 Å². The van der Waals surface area contributed by atoms with Crippen LogP contribution in [0.3, 0.4) is 0 Å². The summed E-state index contributed by atoms with van der Waals surface area (Å²) in [5.74, 6) is -0.588.